The van der Waals surface area contributed by atoms with Crippen LogP contribution in [-0.2, 0) is 0 Å². The van der Waals surface area contributed by atoms with Gasteiger partial charge < -0.3 is 5.11 Å². The second-order valence-corrected chi connectivity index (χ2v) is 2.68. The van der Waals surface area contributed by atoms with Gasteiger partial charge in [-0.05, 0) is 13.0 Å². The molecule has 0 bridgehead atoms. The Bertz CT molecular complexity index is 280. The number of pyridine rings is 1. The number of nitrogens with zero attached hydrogens (tertiary/aromatic N) is 1. The van der Waals surface area contributed by atoms with E-state index in [0.29, 0.717) is 5.69 Å². The number of hydrogen-bond acceptors (Lipinski definition) is 2. The van der Waals surface area contributed by atoms with Gasteiger partial charge in [0.15, 0.2) is 6.10 Å². The molecule has 0 radical (unpaired) electrons. The molecule has 0 spiro atoms. The van der Waals surface area contributed by atoms with Gasteiger partial charge in [0.25, 0.3) is 0 Å². The Morgan fingerprint density at radius 1 is 1.38 bits per heavy atom. The predicted octanol–water partition coefficient (Wildman–Crippen LogP) is 1.99. The van der Waals surface area contributed by atoms with Gasteiger partial charge in [0.1, 0.15) is 0 Å². The van der Waals surface area contributed by atoms with Gasteiger partial charge in [-0.2, -0.15) is 13.2 Å². The van der Waals surface area contributed by atoms with Crippen molar-refractivity contribution in [3.8, 4) is 0 Å². The lowest BCUT2D eigenvalue weighted by atomic mass is 10.1. The van der Waals surface area contributed by atoms with E-state index in [1.807, 2.05) is 0 Å². The Morgan fingerprint density at radius 2 is 2.00 bits per heavy atom. The standard InChI is InChI=1S/C8H8F3NO/c1-5-2-3-6(4-12-5)7(13)8(9,10)11/h2-4,7,13H,1H3. The summed E-state index contributed by atoms with van der Waals surface area (Å²) in [5.41, 5.74) is 0.372. The van der Waals surface area contributed by atoms with Crippen LogP contribution in [-0.4, -0.2) is 16.3 Å². The fourth-order valence-corrected chi connectivity index (χ4v) is 0.830. The highest BCUT2D eigenvalue weighted by Gasteiger charge is 2.39. The van der Waals surface area contributed by atoms with Gasteiger partial charge in [-0.25, -0.2) is 0 Å². The van der Waals surface area contributed by atoms with Crippen LogP contribution in [0.4, 0.5) is 13.2 Å². The molecule has 0 aliphatic carbocycles. The number of aromatic nitrogens is 1. The quantitative estimate of drug-likeness (QED) is 0.736. The van der Waals surface area contributed by atoms with E-state index in [0.717, 1.165) is 6.20 Å². The summed E-state index contributed by atoms with van der Waals surface area (Å²) in [4.78, 5) is 3.65. The van der Waals surface area contributed by atoms with Crippen LogP contribution < -0.4 is 0 Å². The minimum absolute atomic E-state index is 0.238. The van der Waals surface area contributed by atoms with Gasteiger partial charge in [-0.3, -0.25) is 4.98 Å². The van der Waals surface area contributed by atoms with E-state index in [2.05, 4.69) is 4.98 Å². The summed E-state index contributed by atoms with van der Waals surface area (Å²) in [5, 5.41) is 8.78. The van der Waals surface area contributed by atoms with Crippen molar-refractivity contribution in [1.29, 1.82) is 0 Å². The average Bonchev–Trinajstić information content (AvgIpc) is 2.03. The Labute approximate surface area is 73.0 Å². The molecule has 0 fully saturated rings. The molecular weight excluding hydrogens is 183 g/mol. The van der Waals surface area contributed by atoms with Gasteiger partial charge in [0.2, 0.25) is 0 Å². The summed E-state index contributed by atoms with van der Waals surface area (Å²) < 4.78 is 35.9. The zero-order chi connectivity index (χ0) is 10.1. The van der Waals surface area contributed by atoms with Crippen LogP contribution >= 0.6 is 0 Å². The van der Waals surface area contributed by atoms with Crippen LogP contribution in [0.3, 0.4) is 0 Å². The minimum Gasteiger partial charge on any atom is -0.379 e. The molecule has 1 rings (SSSR count). The fraction of sp³-hybridized carbons (Fsp3) is 0.375. The predicted molar refractivity (Wildman–Crippen MR) is 40.0 cm³/mol. The normalized spacial score (nSPS) is 14.2. The number of aryl methyl sites for hydroxylation is 1. The molecule has 1 aromatic heterocycles. The highest BCUT2D eigenvalue weighted by atomic mass is 19.4. The third-order valence-electron chi connectivity index (χ3n) is 1.56. The van der Waals surface area contributed by atoms with Crippen LogP contribution in [0.15, 0.2) is 18.3 Å². The summed E-state index contributed by atoms with van der Waals surface area (Å²) in [6.45, 7) is 1.66. The number of alkyl halides is 3. The topological polar surface area (TPSA) is 33.1 Å². The first-order valence-corrected chi connectivity index (χ1v) is 3.58. The maximum Gasteiger partial charge on any atom is 0.418 e. The summed E-state index contributed by atoms with van der Waals surface area (Å²) in [7, 11) is 0. The zero-order valence-corrected chi connectivity index (χ0v) is 6.84. The molecule has 0 amide bonds. The molecule has 1 heterocycles. The molecule has 1 N–H and O–H groups in total. The first-order chi connectivity index (χ1) is 5.91. The van der Waals surface area contributed by atoms with E-state index in [4.69, 9.17) is 5.11 Å². The number of aliphatic hydroxyl groups excluding tert-OH is 1. The number of aliphatic hydroxyl groups is 1. The SMILES string of the molecule is Cc1ccc(C(O)C(F)(F)F)cn1. The smallest absolute Gasteiger partial charge is 0.379 e. The van der Waals surface area contributed by atoms with Gasteiger partial charge in [-0.15, -0.1) is 0 Å². The first-order valence-electron chi connectivity index (χ1n) is 3.58. The van der Waals surface area contributed by atoms with E-state index >= 15 is 0 Å². The summed E-state index contributed by atoms with van der Waals surface area (Å²) in [6.07, 6.45) is -6.05. The van der Waals surface area contributed by atoms with Crippen LogP contribution in [0, 0.1) is 6.92 Å². The molecule has 0 aromatic carbocycles. The molecule has 1 atom stereocenters. The van der Waals surface area contributed by atoms with E-state index < -0.39 is 12.3 Å². The molecule has 0 aliphatic heterocycles. The van der Waals surface area contributed by atoms with Gasteiger partial charge in [-0.1, -0.05) is 6.07 Å². The molecule has 72 valence electrons. The molecule has 5 heteroatoms. The van der Waals surface area contributed by atoms with Crippen molar-refractivity contribution in [2.24, 2.45) is 0 Å². The van der Waals surface area contributed by atoms with E-state index in [1.165, 1.54) is 12.1 Å². The van der Waals surface area contributed by atoms with Crippen molar-refractivity contribution < 1.29 is 18.3 Å². The number of hydrogen-bond donors (Lipinski definition) is 1. The maximum atomic E-state index is 12.0. The van der Waals surface area contributed by atoms with Crippen molar-refractivity contribution in [3.05, 3.63) is 29.6 Å². The lowest BCUT2D eigenvalue weighted by Gasteiger charge is -2.13. The molecule has 13 heavy (non-hydrogen) atoms. The Morgan fingerprint density at radius 3 is 2.38 bits per heavy atom. The zero-order valence-electron chi connectivity index (χ0n) is 6.84. The van der Waals surface area contributed by atoms with Crippen LogP contribution in [0.5, 0.6) is 0 Å². The summed E-state index contributed by atoms with van der Waals surface area (Å²) in [6, 6.07) is 2.63. The van der Waals surface area contributed by atoms with Crippen molar-refractivity contribution in [2.75, 3.05) is 0 Å². The lowest BCUT2D eigenvalue weighted by molar-refractivity contribution is -0.206. The minimum atomic E-state index is -4.63. The fourth-order valence-electron chi connectivity index (χ4n) is 0.830. The molecule has 1 aromatic rings. The van der Waals surface area contributed by atoms with Crippen molar-refractivity contribution in [3.63, 3.8) is 0 Å². The third kappa shape index (κ3) is 2.42. The summed E-state index contributed by atoms with van der Waals surface area (Å²) in [5.74, 6) is 0. The Kier molecular flexibility index (Phi) is 2.56. The molecule has 0 saturated carbocycles. The van der Waals surface area contributed by atoms with Gasteiger partial charge in [0.05, 0.1) is 0 Å². The molecular formula is C8H8F3NO. The van der Waals surface area contributed by atoms with Gasteiger partial charge in [0, 0.05) is 17.5 Å². The second-order valence-electron chi connectivity index (χ2n) is 2.68. The highest BCUT2D eigenvalue weighted by molar-refractivity contribution is 5.16. The largest absolute Gasteiger partial charge is 0.418 e. The Balaban J connectivity index is 2.90. The average molecular weight is 191 g/mol. The first kappa shape index (κ1) is 9.98. The molecule has 2 nitrogen and oxygen atoms in total. The molecule has 0 saturated heterocycles. The highest BCUT2D eigenvalue weighted by Crippen LogP contribution is 2.31. The van der Waals surface area contributed by atoms with E-state index in [-0.39, 0.29) is 5.56 Å². The summed E-state index contributed by atoms with van der Waals surface area (Å²) >= 11 is 0. The van der Waals surface area contributed by atoms with E-state index in [1.54, 1.807) is 6.92 Å². The van der Waals surface area contributed by atoms with Gasteiger partial charge >= 0.3 is 6.18 Å². The van der Waals surface area contributed by atoms with E-state index in [9.17, 15) is 13.2 Å². The van der Waals surface area contributed by atoms with Crippen LogP contribution in [0.1, 0.15) is 17.4 Å². The van der Waals surface area contributed by atoms with Crippen molar-refractivity contribution >= 4 is 0 Å². The lowest BCUT2D eigenvalue weighted by Crippen LogP contribution is -2.20. The molecule has 1 unspecified atom stereocenters. The monoisotopic (exact) mass is 191 g/mol. The second kappa shape index (κ2) is 3.33. The maximum absolute atomic E-state index is 12.0. The van der Waals surface area contributed by atoms with Crippen LogP contribution in [0.2, 0.25) is 0 Å². The van der Waals surface area contributed by atoms with Crippen molar-refractivity contribution in [1.82, 2.24) is 4.98 Å². The third-order valence-corrected chi connectivity index (χ3v) is 1.56. The number of rotatable bonds is 1. The molecule has 0 aliphatic rings. The van der Waals surface area contributed by atoms with Crippen LogP contribution in [0.25, 0.3) is 0 Å². The number of halogens is 3. The van der Waals surface area contributed by atoms with Crippen molar-refractivity contribution in [2.45, 2.75) is 19.2 Å². The Hall–Kier alpha value is -1.10.